The topological polar surface area (TPSA) is 58.6 Å². The molecule has 5 nitrogen and oxygen atoms in total. The molecule has 0 aromatic heterocycles. The van der Waals surface area contributed by atoms with Gasteiger partial charge >= 0.3 is 0 Å². The molecule has 0 atom stereocenters. The number of halogens is 3. The van der Waals surface area contributed by atoms with Crippen molar-refractivity contribution in [3.63, 3.8) is 0 Å². The van der Waals surface area contributed by atoms with Crippen LogP contribution in [0.4, 0.5) is 20.2 Å². The molecule has 3 aromatic carbocycles. The Bertz CT molecular complexity index is 1270. The van der Waals surface area contributed by atoms with E-state index in [1.54, 1.807) is 42.5 Å². The highest BCUT2D eigenvalue weighted by Crippen LogP contribution is 2.37. The lowest BCUT2D eigenvalue weighted by atomic mass is 10.0. The van der Waals surface area contributed by atoms with Gasteiger partial charge in [0.05, 0.1) is 24.1 Å². The number of benzene rings is 3. The van der Waals surface area contributed by atoms with Crippen LogP contribution < -0.4 is 15.0 Å². The summed E-state index contributed by atoms with van der Waals surface area (Å²) in [6.45, 7) is 1.88. The first kappa shape index (κ1) is 21.5. The Balaban J connectivity index is 1.87. The largest absolute Gasteiger partial charge is 0.495 e. The maximum Gasteiger partial charge on any atom is 0.282 e. The van der Waals surface area contributed by atoms with E-state index in [0.29, 0.717) is 33.0 Å². The normalized spacial score (nSPS) is 13.7. The molecule has 0 spiro atoms. The number of nitrogens with zero attached hydrogens (tertiary/aromatic N) is 1. The van der Waals surface area contributed by atoms with Crippen molar-refractivity contribution in [1.82, 2.24) is 0 Å². The van der Waals surface area contributed by atoms with E-state index in [9.17, 15) is 18.4 Å². The van der Waals surface area contributed by atoms with Gasteiger partial charge in [-0.05, 0) is 42.8 Å². The molecule has 162 valence electrons. The van der Waals surface area contributed by atoms with E-state index in [1.165, 1.54) is 7.11 Å². The summed E-state index contributed by atoms with van der Waals surface area (Å²) in [5, 5.41) is 3.32. The van der Waals surface area contributed by atoms with Crippen LogP contribution in [-0.4, -0.2) is 18.9 Å². The second-order valence-electron chi connectivity index (χ2n) is 7.13. The number of ether oxygens (including phenoxy) is 1. The second-order valence-corrected chi connectivity index (χ2v) is 7.56. The lowest BCUT2D eigenvalue weighted by Gasteiger charge is -2.16. The van der Waals surface area contributed by atoms with Crippen LogP contribution in [0.5, 0.6) is 5.75 Å². The summed E-state index contributed by atoms with van der Waals surface area (Å²) in [4.78, 5) is 27.4. The number of nitrogens with one attached hydrogen (secondary N) is 1. The van der Waals surface area contributed by atoms with Gasteiger partial charge in [0.25, 0.3) is 11.8 Å². The third-order valence-electron chi connectivity index (χ3n) is 5.00. The third-order valence-corrected chi connectivity index (χ3v) is 5.23. The summed E-state index contributed by atoms with van der Waals surface area (Å²) >= 11 is 6.10. The molecule has 3 aromatic rings. The average Bonchev–Trinajstić information content (AvgIpc) is 2.99. The average molecular weight is 455 g/mol. The van der Waals surface area contributed by atoms with Gasteiger partial charge in [-0.15, -0.1) is 0 Å². The van der Waals surface area contributed by atoms with Crippen LogP contribution in [0.25, 0.3) is 5.57 Å². The summed E-state index contributed by atoms with van der Waals surface area (Å²) in [5.41, 5.74) is 1.38. The molecule has 0 bridgehead atoms. The molecule has 1 aliphatic rings. The van der Waals surface area contributed by atoms with Gasteiger partial charge in [0.15, 0.2) is 0 Å². The smallest absolute Gasteiger partial charge is 0.282 e. The molecule has 4 rings (SSSR count). The number of carbonyl (C=O) groups excluding carboxylic acids is 2. The zero-order chi connectivity index (χ0) is 23.0. The first-order valence-electron chi connectivity index (χ1n) is 9.56. The highest BCUT2D eigenvalue weighted by atomic mass is 35.5. The van der Waals surface area contributed by atoms with Crippen LogP contribution in [0.15, 0.2) is 66.4 Å². The van der Waals surface area contributed by atoms with Crippen LogP contribution in [0.2, 0.25) is 5.02 Å². The van der Waals surface area contributed by atoms with E-state index >= 15 is 0 Å². The minimum atomic E-state index is -1.03. The van der Waals surface area contributed by atoms with Crippen molar-refractivity contribution in [3.8, 4) is 5.75 Å². The Kier molecular flexibility index (Phi) is 5.67. The molecule has 0 radical (unpaired) electrons. The van der Waals surface area contributed by atoms with Crippen molar-refractivity contribution < 1.29 is 23.1 Å². The van der Waals surface area contributed by atoms with Gasteiger partial charge in [-0.1, -0.05) is 41.4 Å². The Morgan fingerprint density at radius 3 is 2.31 bits per heavy atom. The Morgan fingerprint density at radius 1 is 0.938 bits per heavy atom. The summed E-state index contributed by atoms with van der Waals surface area (Å²) in [6.07, 6.45) is 0. The van der Waals surface area contributed by atoms with Gasteiger partial charge in [0, 0.05) is 11.1 Å². The minimum absolute atomic E-state index is 0.0424. The van der Waals surface area contributed by atoms with Crippen molar-refractivity contribution in [2.45, 2.75) is 6.92 Å². The van der Waals surface area contributed by atoms with Gasteiger partial charge in [-0.25, -0.2) is 13.7 Å². The van der Waals surface area contributed by atoms with Crippen LogP contribution in [0.1, 0.15) is 11.1 Å². The van der Waals surface area contributed by atoms with Crippen LogP contribution in [-0.2, 0) is 9.59 Å². The fourth-order valence-corrected chi connectivity index (χ4v) is 3.60. The molecule has 0 unspecified atom stereocenters. The summed E-state index contributed by atoms with van der Waals surface area (Å²) < 4.78 is 33.2. The lowest BCUT2D eigenvalue weighted by Crippen LogP contribution is -2.33. The van der Waals surface area contributed by atoms with Crippen LogP contribution in [0.3, 0.4) is 0 Å². The quantitative estimate of drug-likeness (QED) is 0.529. The Hall–Kier alpha value is -3.71. The van der Waals surface area contributed by atoms with Gasteiger partial charge in [-0.2, -0.15) is 0 Å². The summed E-state index contributed by atoms with van der Waals surface area (Å²) in [7, 11) is 1.45. The number of hydrogen-bond acceptors (Lipinski definition) is 4. The molecule has 1 aliphatic heterocycles. The maximum atomic E-state index is 14.5. The number of anilines is 2. The second kappa shape index (κ2) is 8.43. The van der Waals surface area contributed by atoms with Crippen LogP contribution in [0, 0.1) is 18.6 Å². The van der Waals surface area contributed by atoms with E-state index in [1.807, 2.05) is 6.92 Å². The van der Waals surface area contributed by atoms with Gasteiger partial charge < -0.3 is 10.1 Å². The van der Waals surface area contributed by atoms with E-state index in [-0.39, 0.29) is 17.0 Å². The number of imide groups is 1. The van der Waals surface area contributed by atoms with Crippen molar-refractivity contribution >= 4 is 40.4 Å². The number of carbonyl (C=O) groups is 2. The fourth-order valence-electron chi connectivity index (χ4n) is 3.43. The predicted octanol–water partition coefficient (Wildman–Crippen LogP) is 5.33. The predicted molar refractivity (Wildman–Crippen MR) is 119 cm³/mol. The number of amides is 2. The third kappa shape index (κ3) is 3.83. The first-order chi connectivity index (χ1) is 15.3. The molecular weight excluding hydrogens is 438 g/mol. The fraction of sp³-hybridized carbons (Fsp3) is 0.0833. The highest BCUT2D eigenvalue weighted by molar-refractivity contribution is 6.46. The van der Waals surface area contributed by atoms with Crippen molar-refractivity contribution in [2.75, 3.05) is 17.3 Å². The van der Waals surface area contributed by atoms with Gasteiger partial charge in [0.2, 0.25) is 0 Å². The Labute approximate surface area is 187 Å². The van der Waals surface area contributed by atoms with E-state index < -0.39 is 23.4 Å². The number of rotatable bonds is 5. The van der Waals surface area contributed by atoms with E-state index in [0.717, 1.165) is 17.7 Å². The maximum absolute atomic E-state index is 14.5. The molecule has 0 aliphatic carbocycles. The summed E-state index contributed by atoms with van der Waals surface area (Å²) in [5.74, 6) is -3.00. The van der Waals surface area contributed by atoms with Crippen LogP contribution >= 0.6 is 11.6 Å². The minimum Gasteiger partial charge on any atom is -0.495 e. The molecule has 0 fully saturated rings. The first-order valence-corrected chi connectivity index (χ1v) is 9.93. The zero-order valence-electron chi connectivity index (χ0n) is 17.1. The molecule has 32 heavy (non-hydrogen) atoms. The lowest BCUT2D eigenvalue weighted by molar-refractivity contribution is -0.120. The molecule has 2 amide bonds. The number of methoxy groups -OCH3 is 1. The number of aryl methyl sites for hydroxylation is 1. The van der Waals surface area contributed by atoms with Gasteiger partial charge in [-0.3, -0.25) is 9.59 Å². The zero-order valence-corrected chi connectivity index (χ0v) is 17.8. The van der Waals surface area contributed by atoms with Gasteiger partial charge in [0.1, 0.15) is 23.1 Å². The SMILES string of the molecule is COc1ccc(Cl)cc1NC1=C(c2ccc(C)cc2)C(=O)N(c2ccc(F)cc2F)C1=O. The molecule has 1 heterocycles. The monoisotopic (exact) mass is 454 g/mol. The standard InChI is InChI=1S/C24H17ClF2N2O3/c1-13-3-5-14(6-4-13)21-22(28-18-11-15(25)7-10-20(18)32-2)24(31)29(23(21)30)19-9-8-16(26)12-17(19)27/h3-12,28H,1-2H3. The van der Waals surface area contributed by atoms with E-state index in [4.69, 9.17) is 16.3 Å². The Morgan fingerprint density at radius 2 is 1.66 bits per heavy atom. The molecular formula is C24H17ClF2N2O3. The van der Waals surface area contributed by atoms with Crippen molar-refractivity contribution in [1.29, 1.82) is 0 Å². The highest BCUT2D eigenvalue weighted by Gasteiger charge is 2.41. The molecule has 8 heteroatoms. The molecule has 0 saturated carbocycles. The van der Waals surface area contributed by atoms with Crippen molar-refractivity contribution in [3.05, 3.63) is 94.1 Å². The summed E-state index contributed by atoms with van der Waals surface area (Å²) in [6, 6.07) is 14.4. The van der Waals surface area contributed by atoms with E-state index in [2.05, 4.69) is 5.32 Å². The molecule has 1 N–H and O–H groups in total. The van der Waals surface area contributed by atoms with Crippen molar-refractivity contribution in [2.24, 2.45) is 0 Å². The molecule has 0 saturated heterocycles. The number of hydrogen-bond donors (Lipinski definition) is 1.